The van der Waals surface area contributed by atoms with Crippen LogP contribution in [0.5, 0.6) is 0 Å². The molecule has 2 bridgehead atoms. The standard InChI is InChI=1S/C15H29N3O/c1-15(2,18(3)4)10-16-14(19)9-11-7-12-5-6-13(8-11)17-12/h11-13,17H,5-10H2,1-4H3,(H,16,19). The van der Waals surface area contributed by atoms with E-state index in [1.54, 1.807) is 0 Å². The lowest BCUT2D eigenvalue weighted by Gasteiger charge is -2.33. The number of amides is 1. The van der Waals surface area contributed by atoms with Crippen molar-refractivity contribution in [3.05, 3.63) is 0 Å². The molecule has 0 saturated carbocycles. The molecule has 19 heavy (non-hydrogen) atoms. The number of rotatable bonds is 5. The molecule has 2 rings (SSSR count). The lowest BCUT2D eigenvalue weighted by atomic mass is 9.89. The van der Waals surface area contributed by atoms with Crippen molar-refractivity contribution in [3.8, 4) is 0 Å². The lowest BCUT2D eigenvalue weighted by molar-refractivity contribution is -0.122. The van der Waals surface area contributed by atoms with E-state index in [1.807, 2.05) is 0 Å². The van der Waals surface area contributed by atoms with Crippen LogP contribution in [-0.4, -0.2) is 49.1 Å². The van der Waals surface area contributed by atoms with Crippen LogP contribution in [0.25, 0.3) is 0 Å². The van der Waals surface area contributed by atoms with E-state index in [0.29, 0.717) is 24.4 Å². The Labute approximate surface area is 117 Å². The molecule has 2 N–H and O–H groups in total. The van der Waals surface area contributed by atoms with Crippen LogP contribution in [0, 0.1) is 5.92 Å². The Balaban J connectivity index is 1.73. The van der Waals surface area contributed by atoms with Gasteiger partial charge < -0.3 is 15.5 Å². The fourth-order valence-corrected chi connectivity index (χ4v) is 3.15. The molecule has 0 spiro atoms. The molecule has 2 unspecified atom stereocenters. The van der Waals surface area contributed by atoms with Gasteiger partial charge in [-0.1, -0.05) is 0 Å². The molecule has 4 nitrogen and oxygen atoms in total. The molecule has 2 aliphatic heterocycles. The molecule has 4 heteroatoms. The van der Waals surface area contributed by atoms with Gasteiger partial charge in [-0.15, -0.1) is 0 Å². The van der Waals surface area contributed by atoms with Gasteiger partial charge in [-0.3, -0.25) is 4.79 Å². The predicted octanol–water partition coefficient (Wildman–Crippen LogP) is 1.36. The predicted molar refractivity (Wildman–Crippen MR) is 78.1 cm³/mol. The van der Waals surface area contributed by atoms with Crippen molar-refractivity contribution in [2.24, 2.45) is 5.92 Å². The van der Waals surface area contributed by atoms with Gasteiger partial charge in [-0.2, -0.15) is 0 Å². The number of hydrogen-bond donors (Lipinski definition) is 2. The second-order valence-corrected chi connectivity index (χ2v) is 7.16. The minimum absolute atomic E-state index is 0.0167. The Morgan fingerprint density at radius 1 is 1.26 bits per heavy atom. The van der Waals surface area contributed by atoms with Crippen LogP contribution in [0.1, 0.15) is 46.0 Å². The van der Waals surface area contributed by atoms with E-state index in [1.165, 1.54) is 25.7 Å². The molecule has 110 valence electrons. The lowest BCUT2D eigenvalue weighted by Crippen LogP contribution is -2.48. The Hall–Kier alpha value is -0.610. The summed E-state index contributed by atoms with van der Waals surface area (Å²) in [4.78, 5) is 14.2. The molecule has 0 aromatic carbocycles. The highest BCUT2D eigenvalue weighted by Crippen LogP contribution is 2.32. The first-order valence-electron chi connectivity index (χ1n) is 7.57. The van der Waals surface area contributed by atoms with Gasteiger partial charge in [0.1, 0.15) is 0 Å². The average molecular weight is 267 g/mol. The third-order valence-corrected chi connectivity index (χ3v) is 4.97. The number of likely N-dealkylation sites (N-methyl/N-ethyl adjacent to an activating group) is 1. The summed E-state index contributed by atoms with van der Waals surface area (Å²) in [5.41, 5.74) is 0.0167. The summed E-state index contributed by atoms with van der Waals surface area (Å²) in [6.45, 7) is 5.02. The van der Waals surface area contributed by atoms with E-state index in [4.69, 9.17) is 0 Å². The van der Waals surface area contributed by atoms with E-state index in [-0.39, 0.29) is 11.4 Å². The molecule has 2 aliphatic rings. The molecule has 0 aromatic heterocycles. The van der Waals surface area contributed by atoms with E-state index in [9.17, 15) is 4.79 Å². The number of hydrogen-bond acceptors (Lipinski definition) is 3. The fourth-order valence-electron chi connectivity index (χ4n) is 3.15. The highest BCUT2D eigenvalue weighted by molar-refractivity contribution is 5.76. The second-order valence-electron chi connectivity index (χ2n) is 7.16. The van der Waals surface area contributed by atoms with Gasteiger partial charge in [0, 0.05) is 30.6 Å². The van der Waals surface area contributed by atoms with Gasteiger partial charge in [-0.25, -0.2) is 0 Å². The van der Waals surface area contributed by atoms with Gasteiger partial charge in [0.15, 0.2) is 0 Å². The molecule has 0 aromatic rings. The van der Waals surface area contributed by atoms with Gasteiger partial charge in [0.05, 0.1) is 0 Å². The molecular formula is C15H29N3O. The molecule has 1 amide bonds. The molecule has 0 radical (unpaired) electrons. The summed E-state index contributed by atoms with van der Waals surface area (Å²) in [5.74, 6) is 0.808. The minimum atomic E-state index is 0.0167. The zero-order valence-corrected chi connectivity index (χ0v) is 12.8. The maximum absolute atomic E-state index is 12.1. The van der Waals surface area contributed by atoms with E-state index < -0.39 is 0 Å². The van der Waals surface area contributed by atoms with E-state index in [0.717, 1.165) is 6.54 Å². The third kappa shape index (κ3) is 3.93. The van der Waals surface area contributed by atoms with Crippen LogP contribution in [0.4, 0.5) is 0 Å². The first-order valence-corrected chi connectivity index (χ1v) is 7.57. The quantitative estimate of drug-likeness (QED) is 0.790. The first-order chi connectivity index (χ1) is 8.87. The summed E-state index contributed by atoms with van der Waals surface area (Å²) < 4.78 is 0. The number of nitrogens with one attached hydrogen (secondary N) is 2. The van der Waals surface area contributed by atoms with E-state index in [2.05, 4.69) is 43.5 Å². The Bertz CT molecular complexity index is 315. The van der Waals surface area contributed by atoms with Crippen molar-refractivity contribution in [3.63, 3.8) is 0 Å². The summed E-state index contributed by atoms with van der Waals surface area (Å²) in [6.07, 6.45) is 5.67. The number of fused-ring (bicyclic) bond motifs is 2. The first kappa shape index (κ1) is 14.8. The number of piperidine rings is 1. The fraction of sp³-hybridized carbons (Fsp3) is 0.933. The zero-order chi connectivity index (χ0) is 14.0. The monoisotopic (exact) mass is 267 g/mol. The molecule has 2 heterocycles. The highest BCUT2D eigenvalue weighted by atomic mass is 16.1. The van der Waals surface area contributed by atoms with Gasteiger partial charge in [0.25, 0.3) is 0 Å². The Morgan fingerprint density at radius 2 is 1.84 bits per heavy atom. The molecule has 2 saturated heterocycles. The van der Waals surface area contributed by atoms with E-state index >= 15 is 0 Å². The zero-order valence-electron chi connectivity index (χ0n) is 12.8. The number of carbonyl (C=O) groups is 1. The van der Waals surface area contributed by atoms with Crippen LogP contribution in [0.3, 0.4) is 0 Å². The average Bonchev–Trinajstić information content (AvgIpc) is 2.66. The third-order valence-electron chi connectivity index (χ3n) is 4.97. The van der Waals surface area contributed by atoms with Crippen LogP contribution in [-0.2, 0) is 4.79 Å². The van der Waals surface area contributed by atoms with Crippen LogP contribution >= 0.6 is 0 Å². The molecular weight excluding hydrogens is 238 g/mol. The maximum atomic E-state index is 12.1. The number of nitrogens with zero attached hydrogens (tertiary/aromatic N) is 1. The Morgan fingerprint density at radius 3 is 2.37 bits per heavy atom. The molecule has 2 atom stereocenters. The Kier molecular flexibility index (Phi) is 4.51. The van der Waals surface area contributed by atoms with Crippen molar-refractivity contribution in [2.75, 3.05) is 20.6 Å². The normalized spacial score (nSPS) is 30.7. The van der Waals surface area contributed by atoms with Gasteiger partial charge in [-0.05, 0) is 59.5 Å². The summed E-state index contributed by atoms with van der Waals surface area (Å²) >= 11 is 0. The topological polar surface area (TPSA) is 44.4 Å². The minimum Gasteiger partial charge on any atom is -0.354 e. The summed E-state index contributed by atoms with van der Waals surface area (Å²) in [5, 5.41) is 6.73. The summed E-state index contributed by atoms with van der Waals surface area (Å²) in [7, 11) is 4.10. The molecule has 0 aliphatic carbocycles. The highest BCUT2D eigenvalue weighted by Gasteiger charge is 2.34. The maximum Gasteiger partial charge on any atom is 0.220 e. The van der Waals surface area contributed by atoms with Gasteiger partial charge in [0.2, 0.25) is 5.91 Å². The number of carbonyl (C=O) groups excluding carboxylic acids is 1. The van der Waals surface area contributed by atoms with Crippen molar-refractivity contribution >= 4 is 5.91 Å². The smallest absolute Gasteiger partial charge is 0.220 e. The van der Waals surface area contributed by atoms with Gasteiger partial charge >= 0.3 is 0 Å². The van der Waals surface area contributed by atoms with Crippen LogP contribution in [0.15, 0.2) is 0 Å². The van der Waals surface area contributed by atoms with Crippen molar-refractivity contribution < 1.29 is 4.79 Å². The van der Waals surface area contributed by atoms with Crippen LogP contribution in [0.2, 0.25) is 0 Å². The SMILES string of the molecule is CN(C)C(C)(C)CNC(=O)CC1CC2CCC(C1)N2. The van der Waals surface area contributed by atoms with Crippen molar-refractivity contribution in [2.45, 2.75) is 63.6 Å². The summed E-state index contributed by atoms with van der Waals surface area (Å²) in [6, 6.07) is 1.35. The van der Waals surface area contributed by atoms with Crippen molar-refractivity contribution in [1.82, 2.24) is 15.5 Å². The largest absolute Gasteiger partial charge is 0.354 e. The van der Waals surface area contributed by atoms with Crippen LogP contribution < -0.4 is 10.6 Å². The second kappa shape index (κ2) is 5.80. The van der Waals surface area contributed by atoms with Crippen molar-refractivity contribution in [1.29, 1.82) is 0 Å². The molecule has 2 fully saturated rings.